The highest BCUT2D eigenvalue weighted by atomic mass is 79.9. The molecule has 4 aromatic rings. The molecule has 0 saturated carbocycles. The van der Waals surface area contributed by atoms with E-state index in [0.29, 0.717) is 60.7 Å². The van der Waals surface area contributed by atoms with E-state index < -0.39 is 6.04 Å². The summed E-state index contributed by atoms with van der Waals surface area (Å²) in [7, 11) is 0. The highest BCUT2D eigenvalue weighted by Gasteiger charge is 2.35. The second-order valence-corrected chi connectivity index (χ2v) is 13.3. The summed E-state index contributed by atoms with van der Waals surface area (Å²) in [5, 5.41) is 13.0. The number of hydrogen-bond donors (Lipinski definition) is 2. The van der Waals surface area contributed by atoms with Gasteiger partial charge in [-0.2, -0.15) is 4.98 Å². The first kappa shape index (κ1) is 33.2. The number of thioether (sulfide) groups is 1. The van der Waals surface area contributed by atoms with Gasteiger partial charge in [-0.1, -0.05) is 66.5 Å². The van der Waals surface area contributed by atoms with Gasteiger partial charge < -0.3 is 20.1 Å². The lowest BCUT2D eigenvalue weighted by atomic mass is 9.94. The number of allylic oxidation sites excluding steroid dienone is 1. The van der Waals surface area contributed by atoms with Gasteiger partial charge in [0.15, 0.2) is 11.5 Å². The van der Waals surface area contributed by atoms with Crippen molar-refractivity contribution in [3.63, 3.8) is 0 Å². The maximum atomic E-state index is 14.0. The molecule has 0 aliphatic carbocycles. The molecule has 12 heteroatoms. The Morgan fingerprint density at radius 3 is 2.67 bits per heavy atom. The van der Waals surface area contributed by atoms with Crippen LogP contribution in [0.5, 0.6) is 11.5 Å². The summed E-state index contributed by atoms with van der Waals surface area (Å²) in [4.78, 5) is 18.8. The Morgan fingerprint density at radius 1 is 1.11 bits per heavy atom. The van der Waals surface area contributed by atoms with E-state index in [1.165, 1.54) is 0 Å². The van der Waals surface area contributed by atoms with E-state index in [9.17, 15) is 4.79 Å². The SMILES string of the molecule is CCCCSc1nc2n(n1)C(c1cc(Br)c(OCc3ccc(Cl)cc3Cl)c(OCC)c1)C(C(=O)Nc1cccc(C)c1)=C(C)N2. The first-order chi connectivity index (χ1) is 21.7. The summed E-state index contributed by atoms with van der Waals surface area (Å²) < 4.78 is 14.8. The number of ether oxygens (including phenoxy) is 2. The molecule has 1 amide bonds. The molecule has 0 spiro atoms. The van der Waals surface area contributed by atoms with E-state index in [2.05, 4.69) is 33.5 Å². The highest BCUT2D eigenvalue weighted by Crippen LogP contribution is 2.44. The number of rotatable bonds is 12. The Labute approximate surface area is 286 Å². The third-order valence-corrected chi connectivity index (χ3v) is 9.22. The molecule has 5 rings (SSSR count). The fourth-order valence-electron chi connectivity index (χ4n) is 4.96. The van der Waals surface area contributed by atoms with Crippen molar-refractivity contribution in [1.29, 1.82) is 0 Å². The van der Waals surface area contributed by atoms with Crippen LogP contribution in [0, 0.1) is 6.92 Å². The van der Waals surface area contributed by atoms with Gasteiger partial charge in [-0.25, -0.2) is 4.68 Å². The molecule has 3 aromatic carbocycles. The van der Waals surface area contributed by atoms with Gasteiger partial charge in [0.25, 0.3) is 5.91 Å². The van der Waals surface area contributed by atoms with Crippen molar-refractivity contribution in [2.24, 2.45) is 0 Å². The van der Waals surface area contributed by atoms with Crippen molar-refractivity contribution >= 4 is 68.4 Å². The van der Waals surface area contributed by atoms with Crippen LogP contribution in [0.1, 0.15) is 56.3 Å². The van der Waals surface area contributed by atoms with Gasteiger partial charge in [-0.05, 0) is 90.6 Å². The standard InChI is InChI=1S/C33H34BrCl2N5O3S/c1-5-7-13-45-33-39-32-37-20(4)28(31(42)38-24-10-8-9-19(3)14-24)29(41(32)40-33)22-15-25(34)30(27(16-22)43-6-2)44-18-21-11-12-23(35)17-26(21)36/h8-12,14-17,29H,5-7,13,18H2,1-4H3,(H,38,42)(H,37,39,40). The predicted molar refractivity (Wildman–Crippen MR) is 186 cm³/mol. The van der Waals surface area contributed by atoms with Crippen LogP contribution >= 0.6 is 50.9 Å². The first-order valence-electron chi connectivity index (χ1n) is 14.7. The van der Waals surface area contributed by atoms with Crippen LogP contribution in [0.3, 0.4) is 0 Å². The smallest absolute Gasteiger partial charge is 0.255 e. The highest BCUT2D eigenvalue weighted by molar-refractivity contribution is 9.10. The number of unbranched alkanes of at least 4 members (excludes halogenated alkanes) is 1. The molecule has 1 atom stereocenters. The summed E-state index contributed by atoms with van der Waals surface area (Å²) in [5.74, 6) is 2.25. The fraction of sp³-hybridized carbons (Fsp3) is 0.303. The zero-order chi connectivity index (χ0) is 32.1. The zero-order valence-electron chi connectivity index (χ0n) is 25.4. The second-order valence-electron chi connectivity index (χ2n) is 10.5. The van der Waals surface area contributed by atoms with Gasteiger partial charge in [-0.15, -0.1) is 5.10 Å². The van der Waals surface area contributed by atoms with Crippen molar-refractivity contribution in [3.05, 3.63) is 97.1 Å². The number of hydrogen-bond acceptors (Lipinski definition) is 7. The number of carbonyl (C=O) groups is 1. The third-order valence-electron chi connectivity index (χ3n) is 7.12. The Kier molecular flexibility index (Phi) is 11.0. The lowest BCUT2D eigenvalue weighted by Gasteiger charge is -2.29. The lowest BCUT2D eigenvalue weighted by molar-refractivity contribution is -0.113. The van der Waals surface area contributed by atoms with Gasteiger partial charge in [0.2, 0.25) is 11.1 Å². The van der Waals surface area contributed by atoms with Crippen LogP contribution < -0.4 is 20.1 Å². The van der Waals surface area contributed by atoms with E-state index in [0.717, 1.165) is 35.3 Å². The molecule has 1 aliphatic heterocycles. The maximum absolute atomic E-state index is 14.0. The average Bonchev–Trinajstić information content (AvgIpc) is 3.39. The Balaban J connectivity index is 1.56. The van der Waals surface area contributed by atoms with Crippen LogP contribution in [0.4, 0.5) is 11.6 Å². The van der Waals surface area contributed by atoms with Gasteiger partial charge >= 0.3 is 0 Å². The number of amides is 1. The van der Waals surface area contributed by atoms with E-state index in [4.69, 9.17) is 42.8 Å². The molecule has 0 radical (unpaired) electrons. The summed E-state index contributed by atoms with van der Waals surface area (Å²) >= 11 is 17.8. The zero-order valence-corrected chi connectivity index (χ0v) is 29.3. The summed E-state index contributed by atoms with van der Waals surface area (Å²) in [5.41, 5.74) is 4.50. The van der Waals surface area contributed by atoms with Crippen molar-refractivity contribution in [2.45, 2.75) is 58.3 Å². The number of benzene rings is 3. The Morgan fingerprint density at radius 2 is 1.93 bits per heavy atom. The molecule has 1 unspecified atom stereocenters. The van der Waals surface area contributed by atoms with Crippen molar-refractivity contribution in [3.8, 4) is 11.5 Å². The minimum atomic E-state index is -0.602. The number of anilines is 2. The number of aromatic nitrogens is 3. The summed E-state index contributed by atoms with van der Waals surface area (Å²) in [6, 6.07) is 16.2. The number of carbonyl (C=O) groups excluding carboxylic acids is 1. The summed E-state index contributed by atoms with van der Waals surface area (Å²) in [6.45, 7) is 8.54. The minimum absolute atomic E-state index is 0.204. The molecule has 0 fully saturated rings. The number of fused-ring (bicyclic) bond motifs is 1. The van der Waals surface area contributed by atoms with Crippen molar-refractivity contribution in [2.75, 3.05) is 23.0 Å². The largest absolute Gasteiger partial charge is 0.490 e. The van der Waals surface area contributed by atoms with Gasteiger partial charge in [-0.3, -0.25) is 4.79 Å². The van der Waals surface area contributed by atoms with Crippen LogP contribution in [0.25, 0.3) is 0 Å². The Bertz CT molecular complexity index is 1750. The van der Waals surface area contributed by atoms with E-state index in [-0.39, 0.29) is 12.5 Å². The molecule has 0 bridgehead atoms. The number of aryl methyl sites for hydroxylation is 1. The van der Waals surface area contributed by atoms with E-state index in [1.54, 1.807) is 28.6 Å². The van der Waals surface area contributed by atoms with E-state index in [1.807, 2.05) is 63.2 Å². The van der Waals surface area contributed by atoms with Gasteiger partial charge in [0.05, 0.1) is 16.7 Å². The monoisotopic (exact) mass is 729 g/mol. The van der Waals surface area contributed by atoms with Crippen LogP contribution in [-0.2, 0) is 11.4 Å². The minimum Gasteiger partial charge on any atom is -0.490 e. The second kappa shape index (κ2) is 14.9. The molecule has 0 saturated heterocycles. The van der Waals surface area contributed by atoms with E-state index >= 15 is 0 Å². The summed E-state index contributed by atoms with van der Waals surface area (Å²) in [6.07, 6.45) is 2.14. The quantitative estimate of drug-likeness (QED) is 0.111. The molecule has 236 valence electrons. The third kappa shape index (κ3) is 7.80. The first-order valence-corrected chi connectivity index (χ1v) is 17.2. The van der Waals surface area contributed by atoms with Crippen molar-refractivity contribution < 1.29 is 14.3 Å². The molecule has 8 nitrogen and oxygen atoms in total. The number of nitrogens with zero attached hydrogens (tertiary/aromatic N) is 3. The normalized spacial score (nSPS) is 14.2. The lowest BCUT2D eigenvalue weighted by Crippen LogP contribution is -2.31. The molecule has 1 aromatic heterocycles. The number of halogens is 3. The Hall–Kier alpha value is -3.18. The maximum Gasteiger partial charge on any atom is 0.255 e. The van der Waals surface area contributed by atoms with Crippen molar-refractivity contribution in [1.82, 2.24) is 14.8 Å². The molecular weight excluding hydrogens is 697 g/mol. The van der Waals surface area contributed by atoms with Gasteiger partial charge in [0, 0.05) is 32.7 Å². The average molecular weight is 732 g/mol. The van der Waals surface area contributed by atoms with Crippen LogP contribution in [-0.4, -0.2) is 33.0 Å². The predicted octanol–water partition coefficient (Wildman–Crippen LogP) is 9.45. The molecule has 2 N–H and O–H groups in total. The molecular formula is C33H34BrCl2N5O3S. The molecule has 1 aliphatic rings. The van der Waals surface area contributed by atoms with Gasteiger partial charge in [0.1, 0.15) is 12.6 Å². The molecule has 2 heterocycles. The molecule has 45 heavy (non-hydrogen) atoms. The van der Waals surface area contributed by atoms with Crippen LogP contribution in [0.15, 0.2) is 75.5 Å². The fourth-order valence-corrected chi connectivity index (χ4v) is 6.91. The topological polar surface area (TPSA) is 90.3 Å². The number of nitrogens with one attached hydrogen (secondary N) is 2. The van der Waals surface area contributed by atoms with Crippen LogP contribution in [0.2, 0.25) is 10.0 Å².